The Morgan fingerprint density at radius 2 is 1.61 bits per heavy atom. The van der Waals surface area contributed by atoms with Crippen LogP contribution in [-0.4, -0.2) is 0 Å². The summed E-state index contributed by atoms with van der Waals surface area (Å²) in [6.45, 7) is 2.16. The van der Waals surface area contributed by atoms with E-state index in [1.807, 2.05) is 24.3 Å². The van der Waals surface area contributed by atoms with Crippen molar-refractivity contribution in [2.45, 2.75) is 26.2 Å². The maximum Gasteiger partial charge on any atom is 0.141 e. The Balaban J connectivity index is 1.89. The van der Waals surface area contributed by atoms with Crippen LogP contribution in [0.3, 0.4) is 0 Å². The van der Waals surface area contributed by atoms with Gasteiger partial charge in [-0.1, -0.05) is 55.8 Å². The van der Waals surface area contributed by atoms with Crippen molar-refractivity contribution in [3.05, 3.63) is 83.4 Å². The largest absolute Gasteiger partial charge is 0.206 e. The second-order valence-electron chi connectivity index (χ2n) is 7.06. The number of nitrogens with zero attached hydrogens (tertiary/aromatic N) is 1. The van der Waals surface area contributed by atoms with E-state index in [4.69, 9.17) is 5.26 Å². The summed E-state index contributed by atoms with van der Waals surface area (Å²) >= 11 is 0. The van der Waals surface area contributed by atoms with Crippen LogP contribution in [0.5, 0.6) is 0 Å². The van der Waals surface area contributed by atoms with Crippen LogP contribution < -0.4 is 0 Å². The van der Waals surface area contributed by atoms with E-state index in [-0.39, 0.29) is 5.56 Å². The highest BCUT2D eigenvalue weighted by atomic mass is 19.1. The molecule has 0 aromatic heterocycles. The number of fused-ring (bicyclic) bond motifs is 3. The first-order valence-corrected chi connectivity index (χ1v) is 9.46. The molecule has 0 spiro atoms. The van der Waals surface area contributed by atoms with E-state index in [1.54, 1.807) is 30.3 Å². The van der Waals surface area contributed by atoms with Gasteiger partial charge in [0.15, 0.2) is 0 Å². The van der Waals surface area contributed by atoms with Crippen molar-refractivity contribution in [3.8, 4) is 17.2 Å². The molecule has 0 saturated carbocycles. The minimum Gasteiger partial charge on any atom is -0.206 e. The van der Waals surface area contributed by atoms with Gasteiger partial charge in [0.2, 0.25) is 0 Å². The lowest BCUT2D eigenvalue weighted by molar-refractivity contribution is 0.598. The van der Waals surface area contributed by atoms with Gasteiger partial charge in [-0.15, -0.1) is 0 Å². The molecule has 4 rings (SSSR count). The third-order valence-corrected chi connectivity index (χ3v) is 5.21. The van der Waals surface area contributed by atoms with Gasteiger partial charge in [-0.25, -0.2) is 8.78 Å². The van der Waals surface area contributed by atoms with Gasteiger partial charge in [0.25, 0.3) is 0 Å². The van der Waals surface area contributed by atoms with Crippen molar-refractivity contribution in [1.29, 1.82) is 5.26 Å². The lowest BCUT2D eigenvalue weighted by Crippen LogP contribution is -1.94. The van der Waals surface area contributed by atoms with Gasteiger partial charge < -0.3 is 0 Å². The summed E-state index contributed by atoms with van der Waals surface area (Å²) in [6.07, 6.45) is 3.26. The number of unbranched alkanes of at least 4 members (excludes halogenated alkanes) is 1. The highest BCUT2D eigenvalue weighted by molar-refractivity contribution is 6.09. The highest BCUT2D eigenvalue weighted by Gasteiger charge is 2.17. The fourth-order valence-electron chi connectivity index (χ4n) is 3.70. The molecule has 3 heteroatoms. The predicted molar refractivity (Wildman–Crippen MR) is 110 cm³/mol. The second-order valence-corrected chi connectivity index (χ2v) is 7.06. The molecular weight excluding hydrogens is 352 g/mol. The van der Waals surface area contributed by atoms with Crippen molar-refractivity contribution in [3.63, 3.8) is 0 Å². The van der Waals surface area contributed by atoms with Crippen LogP contribution in [0.25, 0.3) is 32.7 Å². The molecule has 4 aromatic carbocycles. The van der Waals surface area contributed by atoms with E-state index in [0.29, 0.717) is 21.9 Å². The van der Waals surface area contributed by atoms with Crippen LogP contribution in [0, 0.1) is 23.0 Å². The fourth-order valence-corrected chi connectivity index (χ4v) is 3.70. The molecule has 0 amide bonds. The molecule has 4 aromatic rings. The minimum absolute atomic E-state index is 0.0593. The Morgan fingerprint density at radius 1 is 0.857 bits per heavy atom. The van der Waals surface area contributed by atoms with Gasteiger partial charge in [0, 0.05) is 5.39 Å². The maximum absolute atomic E-state index is 15.3. The average Bonchev–Trinajstić information content (AvgIpc) is 2.72. The van der Waals surface area contributed by atoms with Crippen molar-refractivity contribution in [2.75, 3.05) is 0 Å². The summed E-state index contributed by atoms with van der Waals surface area (Å²) in [5.41, 5.74) is 2.06. The Labute approximate surface area is 162 Å². The molecule has 0 aliphatic carbocycles. The van der Waals surface area contributed by atoms with Crippen molar-refractivity contribution < 1.29 is 8.78 Å². The number of benzene rings is 4. The van der Waals surface area contributed by atoms with Crippen LogP contribution in [0.1, 0.15) is 30.9 Å². The van der Waals surface area contributed by atoms with E-state index in [1.165, 1.54) is 11.6 Å². The quantitative estimate of drug-likeness (QED) is 0.349. The van der Waals surface area contributed by atoms with Gasteiger partial charge >= 0.3 is 0 Å². The first kappa shape index (κ1) is 18.1. The highest BCUT2D eigenvalue weighted by Crippen LogP contribution is 2.35. The summed E-state index contributed by atoms with van der Waals surface area (Å²) in [4.78, 5) is 0. The van der Waals surface area contributed by atoms with Gasteiger partial charge in [-0.05, 0) is 58.3 Å². The zero-order valence-corrected chi connectivity index (χ0v) is 15.6. The standard InChI is InChI=1S/C25H19F2N/c1-2-3-4-16-7-11-20-19(13-16)10-12-21-22(20)14-23(26)24(25(21)27)18-8-5-17(15-28)6-9-18/h5-14H,2-4H2,1H3. The van der Waals surface area contributed by atoms with E-state index in [9.17, 15) is 4.39 Å². The molecule has 0 bridgehead atoms. The molecule has 0 unspecified atom stereocenters. The van der Waals surface area contributed by atoms with Crippen LogP contribution in [-0.2, 0) is 6.42 Å². The molecule has 0 aliphatic rings. The maximum atomic E-state index is 15.3. The molecule has 0 heterocycles. The fraction of sp³-hybridized carbons (Fsp3) is 0.160. The van der Waals surface area contributed by atoms with Crippen LogP contribution in [0.4, 0.5) is 8.78 Å². The number of aryl methyl sites for hydroxylation is 1. The third-order valence-electron chi connectivity index (χ3n) is 5.21. The molecule has 0 fully saturated rings. The smallest absolute Gasteiger partial charge is 0.141 e. The SMILES string of the molecule is CCCCc1ccc2c(ccc3c(F)c(-c4ccc(C#N)cc4)c(F)cc32)c1. The lowest BCUT2D eigenvalue weighted by atomic mass is 9.94. The van der Waals surface area contributed by atoms with Gasteiger partial charge in [-0.2, -0.15) is 5.26 Å². The third kappa shape index (κ3) is 3.12. The zero-order valence-electron chi connectivity index (χ0n) is 15.6. The Kier molecular flexibility index (Phi) is 4.79. The van der Waals surface area contributed by atoms with Crippen LogP contribution in [0.2, 0.25) is 0 Å². The van der Waals surface area contributed by atoms with E-state index in [2.05, 4.69) is 13.0 Å². The predicted octanol–water partition coefficient (Wildman–Crippen LogP) is 7.15. The number of hydrogen-bond donors (Lipinski definition) is 0. The minimum atomic E-state index is -0.600. The van der Waals surface area contributed by atoms with Crippen molar-refractivity contribution in [1.82, 2.24) is 0 Å². The monoisotopic (exact) mass is 371 g/mol. The van der Waals surface area contributed by atoms with Crippen molar-refractivity contribution in [2.24, 2.45) is 0 Å². The summed E-state index contributed by atoms with van der Waals surface area (Å²) in [5.74, 6) is -1.17. The Hall–Kier alpha value is -3.25. The zero-order chi connectivity index (χ0) is 19.7. The normalized spacial score (nSPS) is 11.1. The Bertz CT molecular complexity index is 1220. The molecule has 0 radical (unpaired) electrons. The summed E-state index contributed by atoms with van der Waals surface area (Å²) in [7, 11) is 0. The van der Waals surface area contributed by atoms with Crippen molar-refractivity contribution >= 4 is 21.5 Å². The summed E-state index contributed by atoms with van der Waals surface area (Å²) in [6, 6.07) is 19.5. The molecule has 0 saturated heterocycles. The first-order valence-electron chi connectivity index (χ1n) is 9.46. The van der Waals surface area contributed by atoms with E-state index >= 15 is 4.39 Å². The van der Waals surface area contributed by atoms with Crippen LogP contribution in [0.15, 0.2) is 60.7 Å². The van der Waals surface area contributed by atoms with E-state index in [0.717, 1.165) is 30.0 Å². The molecule has 0 aliphatic heterocycles. The summed E-state index contributed by atoms with van der Waals surface area (Å²) < 4.78 is 30.2. The molecule has 0 N–H and O–H groups in total. The van der Waals surface area contributed by atoms with Gasteiger partial charge in [-0.3, -0.25) is 0 Å². The first-order chi connectivity index (χ1) is 13.6. The molecular formula is C25H19F2N. The number of hydrogen-bond acceptors (Lipinski definition) is 1. The average molecular weight is 371 g/mol. The number of halogens is 2. The van der Waals surface area contributed by atoms with Crippen LogP contribution >= 0.6 is 0 Å². The number of nitriles is 1. The molecule has 28 heavy (non-hydrogen) atoms. The molecule has 1 nitrogen and oxygen atoms in total. The Morgan fingerprint density at radius 3 is 2.32 bits per heavy atom. The topological polar surface area (TPSA) is 23.8 Å². The second kappa shape index (κ2) is 7.40. The molecule has 0 atom stereocenters. The van der Waals surface area contributed by atoms with Gasteiger partial charge in [0.05, 0.1) is 17.2 Å². The number of rotatable bonds is 4. The van der Waals surface area contributed by atoms with E-state index < -0.39 is 11.6 Å². The lowest BCUT2D eigenvalue weighted by Gasteiger charge is -2.12. The summed E-state index contributed by atoms with van der Waals surface area (Å²) in [5, 5.41) is 11.7. The molecule has 138 valence electrons. The van der Waals surface area contributed by atoms with Gasteiger partial charge in [0.1, 0.15) is 11.6 Å².